The van der Waals surface area contributed by atoms with Crippen molar-refractivity contribution in [3.63, 3.8) is 0 Å². The van der Waals surface area contributed by atoms with E-state index in [0.29, 0.717) is 0 Å². The zero-order valence-corrected chi connectivity index (χ0v) is 14.0. The lowest BCUT2D eigenvalue weighted by molar-refractivity contribution is 0.129. The molecule has 6 atom stereocenters. The summed E-state index contributed by atoms with van der Waals surface area (Å²) in [5.41, 5.74) is 0. The van der Waals surface area contributed by atoms with E-state index >= 15 is 0 Å². The van der Waals surface area contributed by atoms with Crippen LogP contribution in [0.25, 0.3) is 0 Å². The highest BCUT2D eigenvalue weighted by atomic mass is 14.9. The maximum absolute atomic E-state index is 3.85. The van der Waals surface area contributed by atoms with Crippen molar-refractivity contribution < 1.29 is 0 Å². The molecule has 0 radical (unpaired) electrons. The first-order chi connectivity index (χ1) is 10.3. The van der Waals surface area contributed by atoms with E-state index in [4.69, 9.17) is 0 Å². The molecule has 2 bridgehead atoms. The van der Waals surface area contributed by atoms with Crippen molar-refractivity contribution >= 4 is 0 Å². The SMILES string of the molecule is CCC1CCC(CNC2CC2)C(CC2CC3CCC2C3)C1. The summed E-state index contributed by atoms with van der Waals surface area (Å²) in [6.07, 6.45) is 16.8. The summed E-state index contributed by atoms with van der Waals surface area (Å²) in [6.45, 7) is 3.76. The molecule has 0 aromatic heterocycles. The van der Waals surface area contributed by atoms with Crippen LogP contribution in [0.4, 0.5) is 0 Å². The Hall–Kier alpha value is -0.0400. The molecule has 120 valence electrons. The van der Waals surface area contributed by atoms with Gasteiger partial charge in [0.05, 0.1) is 0 Å². The van der Waals surface area contributed by atoms with Crippen LogP contribution in [0.5, 0.6) is 0 Å². The molecule has 0 spiro atoms. The van der Waals surface area contributed by atoms with E-state index in [9.17, 15) is 0 Å². The molecule has 4 fully saturated rings. The van der Waals surface area contributed by atoms with Crippen LogP contribution in [0, 0.1) is 35.5 Å². The molecule has 6 unspecified atom stereocenters. The molecule has 0 aromatic carbocycles. The van der Waals surface area contributed by atoms with Gasteiger partial charge in [-0.3, -0.25) is 0 Å². The standard InChI is InChI=1S/C20H35N/c1-2-14-3-6-17(13-21-20-7-8-20)19(9-14)12-18-11-15-4-5-16(18)10-15/h14-21H,2-13H2,1H3. The van der Waals surface area contributed by atoms with E-state index in [-0.39, 0.29) is 0 Å². The zero-order chi connectivity index (χ0) is 14.2. The summed E-state index contributed by atoms with van der Waals surface area (Å²) in [7, 11) is 0. The number of nitrogens with one attached hydrogen (secondary N) is 1. The van der Waals surface area contributed by atoms with Crippen LogP contribution in [-0.2, 0) is 0 Å². The van der Waals surface area contributed by atoms with Crippen LogP contribution in [-0.4, -0.2) is 12.6 Å². The Kier molecular flexibility index (Phi) is 4.31. The fourth-order valence-corrected chi connectivity index (χ4v) is 6.01. The Morgan fingerprint density at radius 3 is 2.38 bits per heavy atom. The van der Waals surface area contributed by atoms with Crippen LogP contribution in [0.1, 0.15) is 77.6 Å². The number of fused-ring (bicyclic) bond motifs is 2. The van der Waals surface area contributed by atoms with Gasteiger partial charge in [0, 0.05) is 6.04 Å². The van der Waals surface area contributed by atoms with Crippen molar-refractivity contribution in [2.75, 3.05) is 6.54 Å². The predicted molar refractivity (Wildman–Crippen MR) is 89.2 cm³/mol. The van der Waals surface area contributed by atoms with E-state index < -0.39 is 0 Å². The maximum atomic E-state index is 3.85. The summed E-state index contributed by atoms with van der Waals surface area (Å²) in [5, 5.41) is 3.85. The predicted octanol–water partition coefficient (Wildman–Crippen LogP) is 5.01. The van der Waals surface area contributed by atoms with E-state index in [2.05, 4.69) is 12.2 Å². The van der Waals surface area contributed by atoms with Crippen LogP contribution >= 0.6 is 0 Å². The second-order valence-corrected chi connectivity index (χ2v) is 8.96. The van der Waals surface area contributed by atoms with Gasteiger partial charge in [-0.2, -0.15) is 0 Å². The smallest absolute Gasteiger partial charge is 0.00683 e. The molecular weight excluding hydrogens is 254 g/mol. The zero-order valence-electron chi connectivity index (χ0n) is 14.0. The molecule has 4 aliphatic carbocycles. The maximum Gasteiger partial charge on any atom is 0.00683 e. The molecule has 0 heterocycles. The molecule has 0 amide bonds. The minimum atomic E-state index is 0.900. The number of hydrogen-bond acceptors (Lipinski definition) is 1. The molecule has 4 saturated carbocycles. The summed E-state index contributed by atoms with van der Waals surface area (Å²) >= 11 is 0. The van der Waals surface area contributed by atoms with Gasteiger partial charge < -0.3 is 5.32 Å². The average Bonchev–Trinajstić information content (AvgIpc) is 3.11. The Balaban J connectivity index is 1.35. The molecule has 1 heteroatoms. The van der Waals surface area contributed by atoms with Gasteiger partial charge in [0.1, 0.15) is 0 Å². The number of hydrogen-bond donors (Lipinski definition) is 1. The summed E-state index contributed by atoms with van der Waals surface area (Å²) in [6, 6.07) is 0.900. The first-order valence-electron chi connectivity index (χ1n) is 10.0. The van der Waals surface area contributed by atoms with Gasteiger partial charge in [0.15, 0.2) is 0 Å². The Morgan fingerprint density at radius 1 is 0.810 bits per heavy atom. The van der Waals surface area contributed by atoms with Crippen LogP contribution < -0.4 is 5.32 Å². The van der Waals surface area contributed by atoms with Gasteiger partial charge in [0.25, 0.3) is 0 Å². The van der Waals surface area contributed by atoms with Gasteiger partial charge in [-0.25, -0.2) is 0 Å². The van der Waals surface area contributed by atoms with Gasteiger partial charge in [-0.05, 0) is 93.4 Å². The van der Waals surface area contributed by atoms with Crippen molar-refractivity contribution in [2.45, 2.75) is 83.6 Å². The molecular formula is C20H35N. The van der Waals surface area contributed by atoms with Crippen LogP contribution in [0.3, 0.4) is 0 Å². The molecule has 4 rings (SSSR count). The van der Waals surface area contributed by atoms with Crippen molar-refractivity contribution in [1.29, 1.82) is 0 Å². The highest BCUT2D eigenvalue weighted by Gasteiger charge is 2.42. The van der Waals surface area contributed by atoms with Crippen molar-refractivity contribution in [2.24, 2.45) is 35.5 Å². The summed E-state index contributed by atoms with van der Waals surface area (Å²) in [4.78, 5) is 0. The van der Waals surface area contributed by atoms with Gasteiger partial charge in [-0.1, -0.05) is 26.2 Å². The Labute approximate surface area is 131 Å². The topological polar surface area (TPSA) is 12.0 Å². The fraction of sp³-hybridized carbons (Fsp3) is 1.00. The molecule has 21 heavy (non-hydrogen) atoms. The fourth-order valence-electron chi connectivity index (χ4n) is 6.01. The summed E-state index contributed by atoms with van der Waals surface area (Å²) in [5.74, 6) is 6.49. The Bertz CT molecular complexity index is 348. The van der Waals surface area contributed by atoms with E-state index in [1.807, 2.05) is 0 Å². The highest BCUT2D eigenvalue weighted by Crippen LogP contribution is 2.52. The molecule has 1 N–H and O–H groups in total. The highest BCUT2D eigenvalue weighted by molar-refractivity contribution is 4.93. The van der Waals surface area contributed by atoms with E-state index in [1.165, 1.54) is 38.6 Å². The monoisotopic (exact) mass is 289 g/mol. The van der Waals surface area contributed by atoms with Crippen molar-refractivity contribution in [1.82, 2.24) is 5.32 Å². The molecule has 0 aliphatic heterocycles. The lowest BCUT2D eigenvalue weighted by atomic mass is 9.68. The average molecular weight is 290 g/mol. The van der Waals surface area contributed by atoms with Crippen molar-refractivity contribution in [3.8, 4) is 0 Å². The van der Waals surface area contributed by atoms with Gasteiger partial charge in [0.2, 0.25) is 0 Å². The molecule has 4 aliphatic rings. The lowest BCUT2D eigenvalue weighted by Gasteiger charge is -2.39. The second-order valence-electron chi connectivity index (χ2n) is 8.96. The molecule has 1 nitrogen and oxygen atoms in total. The first-order valence-corrected chi connectivity index (χ1v) is 10.0. The van der Waals surface area contributed by atoms with E-state index in [0.717, 1.165) is 41.5 Å². The largest absolute Gasteiger partial charge is 0.314 e. The van der Waals surface area contributed by atoms with Gasteiger partial charge in [-0.15, -0.1) is 0 Å². The van der Waals surface area contributed by atoms with E-state index in [1.54, 1.807) is 38.5 Å². The van der Waals surface area contributed by atoms with Crippen LogP contribution in [0.2, 0.25) is 0 Å². The minimum absolute atomic E-state index is 0.900. The number of rotatable bonds is 6. The Morgan fingerprint density at radius 2 is 1.71 bits per heavy atom. The first kappa shape index (κ1) is 14.5. The normalized spacial score (nSPS) is 46.1. The summed E-state index contributed by atoms with van der Waals surface area (Å²) < 4.78 is 0. The van der Waals surface area contributed by atoms with Gasteiger partial charge >= 0.3 is 0 Å². The van der Waals surface area contributed by atoms with Crippen molar-refractivity contribution in [3.05, 3.63) is 0 Å². The third-order valence-corrected chi connectivity index (χ3v) is 7.56. The minimum Gasteiger partial charge on any atom is -0.314 e. The molecule has 0 saturated heterocycles. The quantitative estimate of drug-likeness (QED) is 0.725. The lowest BCUT2D eigenvalue weighted by Crippen LogP contribution is -2.35. The molecule has 0 aromatic rings. The third-order valence-electron chi connectivity index (χ3n) is 7.56. The second kappa shape index (κ2) is 6.22. The third kappa shape index (κ3) is 3.33. The van der Waals surface area contributed by atoms with Crippen LogP contribution in [0.15, 0.2) is 0 Å².